The molecule has 0 spiro atoms. The van der Waals surface area contributed by atoms with Gasteiger partial charge in [-0.3, -0.25) is 10.1 Å². The second-order valence-corrected chi connectivity index (χ2v) is 6.37. The van der Waals surface area contributed by atoms with Crippen LogP contribution in [0.5, 0.6) is 0 Å². The van der Waals surface area contributed by atoms with E-state index in [-0.39, 0.29) is 17.9 Å². The fourth-order valence-electron chi connectivity index (χ4n) is 2.87. The summed E-state index contributed by atoms with van der Waals surface area (Å²) in [7, 11) is 1.49. The molecule has 0 aromatic rings. The topological polar surface area (TPSA) is 70.2 Å². The predicted octanol–water partition coefficient (Wildman–Crippen LogP) is 1.64. The zero-order valence-corrected chi connectivity index (χ0v) is 12.5. The Bertz CT molecular complexity index is 323. The standard InChI is InChI=1S/C14H27N3O2/c1-14(2,3)10-7-5-6-8-11(10)16-9-12(18)17-13(19)15-4/h10-11,16H,5-9H2,1-4H3,(H2,15,17,18,19)/t10-,11-/m0/s1. The molecule has 0 aliphatic heterocycles. The molecule has 0 unspecified atom stereocenters. The molecule has 3 amide bonds. The van der Waals surface area contributed by atoms with Crippen LogP contribution in [0.15, 0.2) is 0 Å². The van der Waals surface area contributed by atoms with E-state index in [1.807, 2.05) is 0 Å². The Morgan fingerprint density at radius 3 is 2.37 bits per heavy atom. The number of urea groups is 1. The van der Waals surface area contributed by atoms with Crippen LogP contribution in [-0.2, 0) is 4.79 Å². The van der Waals surface area contributed by atoms with Gasteiger partial charge in [-0.05, 0) is 24.2 Å². The van der Waals surface area contributed by atoms with Crippen LogP contribution in [0.25, 0.3) is 0 Å². The summed E-state index contributed by atoms with van der Waals surface area (Å²) in [6, 6.07) is -0.0907. The Kier molecular flexibility index (Phi) is 5.79. The summed E-state index contributed by atoms with van der Waals surface area (Å²) in [5, 5.41) is 7.95. The molecule has 1 saturated carbocycles. The highest BCUT2D eigenvalue weighted by atomic mass is 16.2. The molecule has 3 N–H and O–H groups in total. The van der Waals surface area contributed by atoms with Gasteiger partial charge in [0.25, 0.3) is 0 Å². The van der Waals surface area contributed by atoms with Gasteiger partial charge in [-0.2, -0.15) is 0 Å². The molecule has 19 heavy (non-hydrogen) atoms. The molecule has 0 bridgehead atoms. The Morgan fingerprint density at radius 1 is 1.16 bits per heavy atom. The number of carbonyl (C=O) groups is 2. The average molecular weight is 269 g/mol. The van der Waals surface area contributed by atoms with E-state index in [1.54, 1.807) is 0 Å². The molecule has 0 aromatic heterocycles. The number of rotatable bonds is 3. The Morgan fingerprint density at radius 2 is 1.79 bits per heavy atom. The third-order valence-corrected chi connectivity index (χ3v) is 3.88. The summed E-state index contributed by atoms with van der Waals surface area (Å²) < 4.78 is 0. The van der Waals surface area contributed by atoms with E-state index in [2.05, 4.69) is 36.7 Å². The number of amides is 3. The molecule has 0 radical (unpaired) electrons. The highest BCUT2D eigenvalue weighted by Crippen LogP contribution is 2.37. The molecule has 110 valence electrons. The minimum atomic E-state index is -0.456. The number of carbonyl (C=O) groups excluding carboxylic acids is 2. The number of hydrogen-bond acceptors (Lipinski definition) is 3. The van der Waals surface area contributed by atoms with Crippen molar-refractivity contribution in [1.82, 2.24) is 16.0 Å². The van der Waals surface area contributed by atoms with E-state index >= 15 is 0 Å². The van der Waals surface area contributed by atoms with Gasteiger partial charge in [0.2, 0.25) is 5.91 Å². The largest absolute Gasteiger partial charge is 0.341 e. The summed E-state index contributed by atoms with van der Waals surface area (Å²) in [6.07, 6.45) is 4.79. The molecule has 0 saturated heterocycles. The second kappa shape index (κ2) is 6.89. The molecule has 1 aliphatic carbocycles. The molecule has 0 heterocycles. The van der Waals surface area contributed by atoms with E-state index in [9.17, 15) is 9.59 Å². The SMILES string of the molecule is CNC(=O)NC(=O)CN[C@H]1CCCC[C@@H]1C(C)(C)C. The molecule has 2 atom stereocenters. The minimum Gasteiger partial charge on any atom is -0.341 e. The summed E-state index contributed by atoms with van der Waals surface area (Å²) in [5.41, 5.74) is 0.245. The lowest BCUT2D eigenvalue weighted by molar-refractivity contribution is -0.119. The van der Waals surface area contributed by atoms with Crippen LogP contribution in [0.2, 0.25) is 0 Å². The van der Waals surface area contributed by atoms with Gasteiger partial charge in [0.15, 0.2) is 0 Å². The van der Waals surface area contributed by atoms with Gasteiger partial charge in [-0.25, -0.2) is 4.79 Å². The first-order valence-corrected chi connectivity index (χ1v) is 7.09. The summed E-state index contributed by atoms with van der Waals surface area (Å²) >= 11 is 0. The van der Waals surface area contributed by atoms with E-state index in [1.165, 1.54) is 26.3 Å². The quantitative estimate of drug-likeness (QED) is 0.729. The first kappa shape index (κ1) is 16.0. The van der Waals surface area contributed by atoms with Crippen LogP contribution in [0.1, 0.15) is 46.5 Å². The van der Waals surface area contributed by atoms with Crippen LogP contribution >= 0.6 is 0 Å². The third-order valence-electron chi connectivity index (χ3n) is 3.88. The van der Waals surface area contributed by atoms with Crippen molar-refractivity contribution in [1.29, 1.82) is 0 Å². The molecular formula is C14H27N3O2. The Balaban J connectivity index is 2.45. The van der Waals surface area contributed by atoms with Crippen molar-refractivity contribution >= 4 is 11.9 Å². The van der Waals surface area contributed by atoms with Gasteiger partial charge in [0.05, 0.1) is 6.54 Å². The number of imide groups is 1. The van der Waals surface area contributed by atoms with Crippen molar-refractivity contribution in [2.45, 2.75) is 52.5 Å². The highest BCUT2D eigenvalue weighted by molar-refractivity contribution is 5.95. The van der Waals surface area contributed by atoms with Crippen LogP contribution in [-0.4, -0.2) is 31.6 Å². The maximum Gasteiger partial charge on any atom is 0.321 e. The zero-order chi connectivity index (χ0) is 14.5. The first-order chi connectivity index (χ1) is 8.84. The van der Waals surface area contributed by atoms with Gasteiger partial charge >= 0.3 is 6.03 Å². The molecule has 5 heteroatoms. The van der Waals surface area contributed by atoms with Gasteiger partial charge in [0.1, 0.15) is 0 Å². The first-order valence-electron chi connectivity index (χ1n) is 7.09. The van der Waals surface area contributed by atoms with Crippen molar-refractivity contribution < 1.29 is 9.59 Å². The summed E-state index contributed by atoms with van der Waals surface area (Å²) in [4.78, 5) is 22.6. The average Bonchev–Trinajstić information content (AvgIpc) is 2.35. The van der Waals surface area contributed by atoms with Crippen LogP contribution < -0.4 is 16.0 Å². The molecule has 1 aliphatic rings. The van der Waals surface area contributed by atoms with Crippen molar-refractivity contribution in [3.8, 4) is 0 Å². The molecule has 0 aromatic carbocycles. The highest BCUT2D eigenvalue weighted by Gasteiger charge is 2.33. The van der Waals surface area contributed by atoms with E-state index in [4.69, 9.17) is 0 Å². The van der Waals surface area contributed by atoms with Gasteiger partial charge in [-0.1, -0.05) is 33.6 Å². The fraction of sp³-hybridized carbons (Fsp3) is 0.857. The molecular weight excluding hydrogens is 242 g/mol. The third kappa shape index (κ3) is 5.19. The number of hydrogen-bond donors (Lipinski definition) is 3. The lowest BCUT2D eigenvalue weighted by Gasteiger charge is -2.40. The maximum absolute atomic E-state index is 11.6. The van der Waals surface area contributed by atoms with Crippen molar-refractivity contribution in [2.24, 2.45) is 11.3 Å². The number of nitrogens with one attached hydrogen (secondary N) is 3. The van der Waals surface area contributed by atoms with Gasteiger partial charge in [0, 0.05) is 13.1 Å². The Labute approximate surface area is 115 Å². The van der Waals surface area contributed by atoms with Crippen molar-refractivity contribution in [3.63, 3.8) is 0 Å². The summed E-state index contributed by atoms with van der Waals surface area (Å²) in [6.45, 7) is 6.96. The molecule has 1 rings (SSSR count). The smallest absolute Gasteiger partial charge is 0.321 e. The van der Waals surface area contributed by atoms with Crippen molar-refractivity contribution in [2.75, 3.05) is 13.6 Å². The molecule has 1 fully saturated rings. The van der Waals surface area contributed by atoms with Gasteiger partial charge < -0.3 is 10.6 Å². The normalized spacial score (nSPS) is 23.8. The maximum atomic E-state index is 11.6. The van der Waals surface area contributed by atoms with E-state index in [0.717, 1.165) is 6.42 Å². The lowest BCUT2D eigenvalue weighted by atomic mass is 9.69. The fourth-order valence-corrected chi connectivity index (χ4v) is 2.87. The summed E-state index contributed by atoms with van der Waals surface area (Å²) in [5.74, 6) is 0.298. The van der Waals surface area contributed by atoms with E-state index in [0.29, 0.717) is 12.0 Å². The van der Waals surface area contributed by atoms with Crippen LogP contribution in [0.4, 0.5) is 4.79 Å². The second-order valence-electron chi connectivity index (χ2n) is 6.37. The van der Waals surface area contributed by atoms with Gasteiger partial charge in [-0.15, -0.1) is 0 Å². The van der Waals surface area contributed by atoms with Crippen LogP contribution in [0.3, 0.4) is 0 Å². The van der Waals surface area contributed by atoms with Crippen molar-refractivity contribution in [3.05, 3.63) is 0 Å². The zero-order valence-electron chi connectivity index (χ0n) is 12.5. The monoisotopic (exact) mass is 269 g/mol. The predicted molar refractivity (Wildman–Crippen MR) is 75.8 cm³/mol. The minimum absolute atomic E-state index is 0.199. The van der Waals surface area contributed by atoms with E-state index < -0.39 is 6.03 Å². The lowest BCUT2D eigenvalue weighted by Crippen LogP contribution is -2.49. The van der Waals surface area contributed by atoms with Crippen LogP contribution in [0, 0.1) is 11.3 Å². The molecule has 5 nitrogen and oxygen atoms in total. The Hall–Kier alpha value is -1.10.